The van der Waals surface area contributed by atoms with E-state index in [9.17, 15) is 18.0 Å². The first-order valence-electron chi connectivity index (χ1n) is 8.40. The lowest BCUT2D eigenvalue weighted by molar-refractivity contribution is -0.137. The van der Waals surface area contributed by atoms with E-state index in [1.54, 1.807) is 6.21 Å². The predicted molar refractivity (Wildman–Crippen MR) is 89.1 cm³/mol. The van der Waals surface area contributed by atoms with E-state index in [0.717, 1.165) is 12.1 Å². The molecule has 0 saturated carbocycles. The van der Waals surface area contributed by atoms with Gasteiger partial charge < -0.3 is 10.6 Å². The number of nitrogens with zero attached hydrogens (tertiary/aromatic N) is 3. The molecule has 138 valence electrons. The molecular formula is C17H18F3N5O. The zero-order chi connectivity index (χ0) is 18.7. The van der Waals surface area contributed by atoms with Gasteiger partial charge in [-0.05, 0) is 55.7 Å². The summed E-state index contributed by atoms with van der Waals surface area (Å²) in [6, 6.07) is 3.09. The van der Waals surface area contributed by atoms with Crippen LogP contribution < -0.4 is 10.6 Å². The van der Waals surface area contributed by atoms with Crippen LogP contribution in [0.15, 0.2) is 33.6 Å². The molecule has 0 radical (unpaired) electrons. The Kier molecular flexibility index (Phi) is 3.53. The van der Waals surface area contributed by atoms with Crippen LogP contribution in [0.25, 0.3) is 0 Å². The highest BCUT2D eigenvalue weighted by atomic mass is 19.4. The van der Waals surface area contributed by atoms with Crippen molar-refractivity contribution in [2.24, 2.45) is 15.4 Å². The highest BCUT2D eigenvalue weighted by Crippen LogP contribution is 2.49. The van der Waals surface area contributed by atoms with Crippen LogP contribution in [-0.2, 0) is 16.4 Å². The smallest absolute Gasteiger partial charge is 0.325 e. The van der Waals surface area contributed by atoms with Crippen molar-refractivity contribution in [3.63, 3.8) is 0 Å². The Balaban J connectivity index is 1.80. The molecule has 1 fully saturated rings. The fourth-order valence-electron chi connectivity index (χ4n) is 4.24. The minimum Gasteiger partial charge on any atom is -0.325 e. The van der Waals surface area contributed by atoms with Gasteiger partial charge in [0.25, 0.3) is 0 Å². The Bertz CT molecular complexity index is 822. The van der Waals surface area contributed by atoms with Gasteiger partial charge in [0.2, 0.25) is 5.91 Å². The Hall–Kier alpha value is -2.29. The van der Waals surface area contributed by atoms with Crippen LogP contribution >= 0.6 is 0 Å². The molecule has 1 spiro atoms. The minimum atomic E-state index is -4.46. The number of nitrogens with one attached hydrogen (secondary N) is 2. The maximum Gasteiger partial charge on any atom is 0.416 e. The Morgan fingerprint density at radius 2 is 2.04 bits per heavy atom. The van der Waals surface area contributed by atoms with Gasteiger partial charge in [-0.3, -0.25) is 4.79 Å². The summed E-state index contributed by atoms with van der Waals surface area (Å²) >= 11 is 0. The van der Waals surface area contributed by atoms with Crippen LogP contribution in [0, 0.1) is 0 Å². The molecule has 1 saturated heterocycles. The highest BCUT2D eigenvalue weighted by Gasteiger charge is 2.55. The van der Waals surface area contributed by atoms with Crippen molar-refractivity contribution in [1.82, 2.24) is 5.32 Å². The second-order valence-corrected chi connectivity index (χ2v) is 7.48. The van der Waals surface area contributed by atoms with E-state index in [4.69, 9.17) is 0 Å². The van der Waals surface area contributed by atoms with Crippen LogP contribution in [-0.4, -0.2) is 29.7 Å². The van der Waals surface area contributed by atoms with Gasteiger partial charge in [0.1, 0.15) is 5.54 Å². The normalized spacial score (nSPS) is 35.8. The fraction of sp³-hybridized carbons (Fsp3) is 0.529. The third kappa shape index (κ3) is 2.45. The van der Waals surface area contributed by atoms with Crippen LogP contribution in [0.4, 0.5) is 18.9 Å². The summed E-state index contributed by atoms with van der Waals surface area (Å²) in [6.07, 6.45) is -2.12. The SMILES string of the molecule is C[C@H]1C[C@@]2(C[C@@H](C3(C)C=NN=N3)N1)C(=O)Nc1ccc(C(F)(F)F)cc12. The molecule has 3 heterocycles. The predicted octanol–water partition coefficient (Wildman–Crippen LogP) is 3.25. The number of fused-ring (bicyclic) bond motifs is 2. The van der Waals surface area contributed by atoms with Crippen molar-refractivity contribution in [3.8, 4) is 0 Å². The Labute approximate surface area is 147 Å². The summed E-state index contributed by atoms with van der Waals surface area (Å²) in [5.74, 6) is -0.263. The number of halogens is 3. The van der Waals surface area contributed by atoms with Crippen LogP contribution in [0.1, 0.15) is 37.8 Å². The quantitative estimate of drug-likeness (QED) is 0.801. The molecule has 1 amide bonds. The van der Waals surface area contributed by atoms with Crippen molar-refractivity contribution < 1.29 is 18.0 Å². The number of hydrogen-bond acceptors (Lipinski definition) is 5. The van der Waals surface area contributed by atoms with Crippen LogP contribution in [0.3, 0.4) is 0 Å². The van der Waals surface area contributed by atoms with E-state index in [-0.39, 0.29) is 18.0 Å². The number of amides is 1. The summed E-state index contributed by atoms with van der Waals surface area (Å²) in [6.45, 7) is 3.76. The standard InChI is InChI=1S/C17H18F3N5O/c1-9-6-16(7-13(22-9)15(2)8-21-25-24-15)11-5-10(17(18,19)20)3-4-12(11)23-14(16)26/h3-5,8-9,13,22H,6-7H2,1-2H3,(H,23,26)/t9-,13-,15?,16-/m0/s1. The van der Waals surface area contributed by atoms with E-state index in [0.29, 0.717) is 24.1 Å². The number of piperidine rings is 1. The van der Waals surface area contributed by atoms with Crippen molar-refractivity contribution in [2.75, 3.05) is 5.32 Å². The average Bonchev–Trinajstić information content (AvgIpc) is 3.10. The molecule has 4 atom stereocenters. The molecule has 26 heavy (non-hydrogen) atoms. The maximum absolute atomic E-state index is 13.2. The van der Waals surface area contributed by atoms with Crippen LogP contribution in [0.5, 0.6) is 0 Å². The molecule has 1 unspecified atom stereocenters. The highest BCUT2D eigenvalue weighted by molar-refractivity contribution is 6.06. The monoisotopic (exact) mass is 365 g/mol. The summed E-state index contributed by atoms with van der Waals surface area (Å²) in [5, 5.41) is 17.8. The third-order valence-corrected chi connectivity index (χ3v) is 5.57. The first-order valence-corrected chi connectivity index (χ1v) is 8.40. The van der Waals surface area contributed by atoms with Gasteiger partial charge >= 0.3 is 6.18 Å². The van der Waals surface area contributed by atoms with Gasteiger partial charge in [-0.1, -0.05) is 0 Å². The zero-order valence-corrected chi connectivity index (χ0v) is 14.3. The molecule has 0 bridgehead atoms. The number of alkyl halides is 3. The van der Waals surface area contributed by atoms with E-state index in [2.05, 4.69) is 26.1 Å². The van der Waals surface area contributed by atoms with Crippen molar-refractivity contribution in [1.29, 1.82) is 0 Å². The molecule has 3 aliphatic heterocycles. The molecule has 2 N–H and O–H groups in total. The Morgan fingerprint density at radius 3 is 2.69 bits per heavy atom. The molecule has 1 aromatic carbocycles. The largest absolute Gasteiger partial charge is 0.416 e. The molecule has 1 aromatic rings. The minimum absolute atomic E-state index is 0.0824. The molecule has 6 nitrogen and oxygen atoms in total. The van der Waals surface area contributed by atoms with E-state index < -0.39 is 22.7 Å². The average molecular weight is 365 g/mol. The van der Waals surface area contributed by atoms with E-state index in [1.165, 1.54) is 6.07 Å². The molecule has 4 rings (SSSR count). The lowest BCUT2D eigenvalue weighted by atomic mass is 9.66. The maximum atomic E-state index is 13.2. The first kappa shape index (κ1) is 17.1. The number of hydrogen-bond donors (Lipinski definition) is 2. The van der Waals surface area contributed by atoms with Gasteiger partial charge in [0.05, 0.1) is 17.2 Å². The number of rotatable bonds is 1. The molecule has 0 aliphatic carbocycles. The number of benzene rings is 1. The van der Waals surface area contributed by atoms with Crippen molar-refractivity contribution >= 4 is 17.8 Å². The van der Waals surface area contributed by atoms with E-state index >= 15 is 0 Å². The zero-order valence-electron chi connectivity index (χ0n) is 14.3. The fourth-order valence-corrected chi connectivity index (χ4v) is 4.24. The van der Waals surface area contributed by atoms with Crippen molar-refractivity contribution in [2.45, 2.75) is 55.9 Å². The van der Waals surface area contributed by atoms with Gasteiger partial charge in [-0.15, -0.1) is 5.10 Å². The van der Waals surface area contributed by atoms with Crippen LogP contribution in [0.2, 0.25) is 0 Å². The summed E-state index contributed by atoms with van der Waals surface area (Å²) in [4.78, 5) is 12.9. The third-order valence-electron chi connectivity index (χ3n) is 5.57. The second kappa shape index (κ2) is 5.35. The summed E-state index contributed by atoms with van der Waals surface area (Å²) in [5.41, 5.74) is -1.65. The lowest BCUT2D eigenvalue weighted by Gasteiger charge is -2.44. The van der Waals surface area contributed by atoms with E-state index in [1.807, 2.05) is 13.8 Å². The molecule has 3 aliphatic rings. The van der Waals surface area contributed by atoms with Gasteiger partial charge in [-0.2, -0.15) is 18.3 Å². The first-order chi connectivity index (χ1) is 12.1. The molecular weight excluding hydrogens is 347 g/mol. The molecule has 9 heteroatoms. The van der Waals surface area contributed by atoms with Gasteiger partial charge in [0.15, 0.2) is 0 Å². The van der Waals surface area contributed by atoms with Gasteiger partial charge in [0, 0.05) is 17.8 Å². The topological polar surface area (TPSA) is 78.2 Å². The lowest BCUT2D eigenvalue weighted by Crippen LogP contribution is -2.60. The van der Waals surface area contributed by atoms with Gasteiger partial charge in [-0.25, -0.2) is 0 Å². The summed E-state index contributed by atoms with van der Waals surface area (Å²) < 4.78 is 39.6. The number of carbonyl (C=O) groups excluding carboxylic acids is 1. The second-order valence-electron chi connectivity index (χ2n) is 7.48. The number of anilines is 1. The van der Waals surface area contributed by atoms with Crippen molar-refractivity contribution in [3.05, 3.63) is 29.3 Å². The molecule has 0 aromatic heterocycles. The Morgan fingerprint density at radius 1 is 1.27 bits per heavy atom. The number of carbonyl (C=O) groups is 1. The summed E-state index contributed by atoms with van der Waals surface area (Å²) in [7, 11) is 0.